The topological polar surface area (TPSA) is 37.3 Å². The minimum absolute atomic E-state index is 0.0266. The molecule has 0 saturated heterocycles. The summed E-state index contributed by atoms with van der Waals surface area (Å²) in [6.45, 7) is 4.34. The average Bonchev–Trinajstić information content (AvgIpc) is 2.39. The van der Waals surface area contributed by atoms with E-state index in [1.165, 1.54) is 11.6 Å². The van der Waals surface area contributed by atoms with Gasteiger partial charge in [-0.15, -0.1) is 0 Å². The molecule has 2 nitrogen and oxygen atoms in total. The van der Waals surface area contributed by atoms with E-state index in [9.17, 15) is 9.90 Å². The van der Waals surface area contributed by atoms with Gasteiger partial charge in [-0.1, -0.05) is 50.2 Å². The molecule has 0 aromatic heterocycles. The van der Waals surface area contributed by atoms with E-state index in [0.717, 1.165) is 6.42 Å². The lowest BCUT2D eigenvalue weighted by molar-refractivity contribution is 0.103. The Morgan fingerprint density at radius 3 is 2.26 bits per heavy atom. The Morgan fingerprint density at radius 2 is 1.68 bits per heavy atom. The number of ketones is 1. The van der Waals surface area contributed by atoms with Crippen molar-refractivity contribution < 1.29 is 9.90 Å². The number of rotatable bonds is 4. The van der Waals surface area contributed by atoms with Crippen LogP contribution in [0.15, 0.2) is 48.5 Å². The third-order valence-electron chi connectivity index (χ3n) is 3.01. The summed E-state index contributed by atoms with van der Waals surface area (Å²) in [5, 5.41) is 9.69. The molecule has 0 saturated carbocycles. The fraction of sp³-hybridized carbons (Fsp3) is 0.235. The van der Waals surface area contributed by atoms with Crippen LogP contribution in [0.25, 0.3) is 0 Å². The minimum atomic E-state index is -0.144. The number of hydrogen-bond donors (Lipinski definition) is 1. The zero-order chi connectivity index (χ0) is 13.8. The molecule has 0 heterocycles. The van der Waals surface area contributed by atoms with Gasteiger partial charge < -0.3 is 5.11 Å². The van der Waals surface area contributed by atoms with Gasteiger partial charge >= 0.3 is 0 Å². The molecule has 19 heavy (non-hydrogen) atoms. The molecule has 0 atom stereocenters. The minimum Gasteiger partial charge on any atom is -0.507 e. The number of benzene rings is 2. The summed E-state index contributed by atoms with van der Waals surface area (Å²) < 4.78 is 0. The van der Waals surface area contributed by atoms with Crippen molar-refractivity contribution in [1.29, 1.82) is 0 Å². The van der Waals surface area contributed by atoms with Crippen LogP contribution in [0.5, 0.6) is 5.75 Å². The van der Waals surface area contributed by atoms with Crippen molar-refractivity contribution in [2.75, 3.05) is 0 Å². The normalized spacial score (nSPS) is 10.7. The molecular weight excluding hydrogens is 236 g/mol. The Kier molecular flexibility index (Phi) is 4.00. The van der Waals surface area contributed by atoms with Crippen LogP contribution in [0.3, 0.4) is 0 Å². The highest BCUT2D eigenvalue weighted by Crippen LogP contribution is 2.20. The molecule has 0 spiro atoms. The molecule has 1 N–H and O–H groups in total. The predicted octanol–water partition coefficient (Wildman–Crippen LogP) is 3.82. The molecule has 2 heteroatoms. The molecule has 2 aromatic carbocycles. The van der Waals surface area contributed by atoms with Crippen LogP contribution in [0, 0.1) is 5.92 Å². The highest BCUT2D eigenvalue weighted by atomic mass is 16.3. The van der Waals surface area contributed by atoms with E-state index < -0.39 is 0 Å². The highest BCUT2D eigenvalue weighted by molar-refractivity contribution is 6.10. The summed E-state index contributed by atoms with van der Waals surface area (Å²) in [4.78, 5) is 12.2. The quantitative estimate of drug-likeness (QED) is 0.842. The lowest BCUT2D eigenvalue weighted by Gasteiger charge is -2.07. The number of carbonyl (C=O) groups is 1. The first kappa shape index (κ1) is 13.3. The van der Waals surface area contributed by atoms with Crippen molar-refractivity contribution in [2.24, 2.45) is 5.92 Å². The Bertz CT molecular complexity index is 568. The second kappa shape index (κ2) is 5.70. The highest BCUT2D eigenvalue weighted by Gasteiger charge is 2.12. The van der Waals surface area contributed by atoms with E-state index in [0.29, 0.717) is 17.0 Å². The van der Waals surface area contributed by atoms with Crippen molar-refractivity contribution in [3.05, 3.63) is 65.2 Å². The van der Waals surface area contributed by atoms with E-state index >= 15 is 0 Å². The zero-order valence-corrected chi connectivity index (χ0v) is 11.3. The number of carbonyl (C=O) groups excluding carboxylic acids is 1. The summed E-state index contributed by atoms with van der Waals surface area (Å²) in [7, 11) is 0. The third-order valence-corrected chi connectivity index (χ3v) is 3.01. The van der Waals surface area contributed by atoms with Gasteiger partial charge in [-0.05, 0) is 30.0 Å². The van der Waals surface area contributed by atoms with Gasteiger partial charge in [0, 0.05) is 5.56 Å². The van der Waals surface area contributed by atoms with Gasteiger partial charge in [0.2, 0.25) is 0 Å². The van der Waals surface area contributed by atoms with E-state index in [1.54, 1.807) is 18.2 Å². The first-order valence-electron chi connectivity index (χ1n) is 6.49. The fourth-order valence-electron chi connectivity index (χ4n) is 2.08. The molecule has 98 valence electrons. The Balaban J connectivity index is 2.23. The fourth-order valence-corrected chi connectivity index (χ4v) is 2.08. The molecule has 0 bridgehead atoms. The van der Waals surface area contributed by atoms with Crippen LogP contribution in [0.4, 0.5) is 0 Å². The number of para-hydroxylation sites is 1. The molecular formula is C17H18O2. The van der Waals surface area contributed by atoms with Crippen LogP contribution in [0.1, 0.15) is 35.3 Å². The van der Waals surface area contributed by atoms with Gasteiger partial charge in [-0.2, -0.15) is 0 Å². The number of phenols is 1. The zero-order valence-electron chi connectivity index (χ0n) is 11.3. The van der Waals surface area contributed by atoms with Gasteiger partial charge in [-0.3, -0.25) is 4.79 Å². The van der Waals surface area contributed by atoms with Crippen LogP contribution < -0.4 is 0 Å². The molecule has 0 aliphatic rings. The van der Waals surface area contributed by atoms with Gasteiger partial charge in [-0.25, -0.2) is 0 Å². The predicted molar refractivity (Wildman–Crippen MR) is 76.5 cm³/mol. The number of aromatic hydroxyl groups is 1. The number of hydrogen-bond acceptors (Lipinski definition) is 2. The first-order valence-corrected chi connectivity index (χ1v) is 6.49. The molecule has 0 fully saturated rings. The van der Waals surface area contributed by atoms with E-state index in [4.69, 9.17) is 0 Å². The second-order valence-corrected chi connectivity index (χ2v) is 5.14. The molecule has 2 aromatic rings. The van der Waals surface area contributed by atoms with E-state index in [-0.39, 0.29) is 11.5 Å². The maximum absolute atomic E-state index is 12.2. The largest absolute Gasteiger partial charge is 0.507 e. The van der Waals surface area contributed by atoms with Gasteiger partial charge in [0.05, 0.1) is 5.56 Å². The number of phenolic OH excluding ortho intramolecular Hbond substituents is 1. The van der Waals surface area contributed by atoms with Gasteiger partial charge in [0.25, 0.3) is 0 Å². The van der Waals surface area contributed by atoms with Crippen molar-refractivity contribution in [2.45, 2.75) is 20.3 Å². The summed E-state index contributed by atoms with van der Waals surface area (Å²) in [6, 6.07) is 14.2. The third kappa shape index (κ3) is 3.22. The molecule has 2 rings (SSSR count). The summed E-state index contributed by atoms with van der Waals surface area (Å²) in [5.74, 6) is 0.479. The Morgan fingerprint density at radius 1 is 1.05 bits per heavy atom. The van der Waals surface area contributed by atoms with Crippen molar-refractivity contribution in [3.8, 4) is 5.75 Å². The SMILES string of the molecule is CC(C)Cc1ccc(C(=O)c2ccccc2O)cc1. The lowest BCUT2D eigenvalue weighted by Crippen LogP contribution is -2.02. The van der Waals surface area contributed by atoms with Crippen LogP contribution in [0.2, 0.25) is 0 Å². The summed E-state index contributed by atoms with van der Waals surface area (Å²) in [5.41, 5.74) is 2.18. The monoisotopic (exact) mass is 254 g/mol. The van der Waals surface area contributed by atoms with Crippen LogP contribution >= 0.6 is 0 Å². The average molecular weight is 254 g/mol. The standard InChI is InChI=1S/C17H18O2/c1-12(2)11-13-7-9-14(10-8-13)17(19)15-5-3-4-6-16(15)18/h3-10,12,18H,11H2,1-2H3. The van der Waals surface area contributed by atoms with Crippen LogP contribution in [-0.2, 0) is 6.42 Å². The maximum Gasteiger partial charge on any atom is 0.196 e. The lowest BCUT2D eigenvalue weighted by atomic mass is 9.98. The molecule has 0 radical (unpaired) electrons. The van der Waals surface area contributed by atoms with Crippen LogP contribution in [-0.4, -0.2) is 10.9 Å². The smallest absolute Gasteiger partial charge is 0.196 e. The maximum atomic E-state index is 12.2. The Hall–Kier alpha value is -2.09. The van der Waals surface area contributed by atoms with E-state index in [1.807, 2.05) is 24.3 Å². The molecule has 0 aliphatic carbocycles. The molecule has 0 aliphatic heterocycles. The van der Waals surface area contributed by atoms with E-state index in [2.05, 4.69) is 13.8 Å². The van der Waals surface area contributed by atoms with Crippen molar-refractivity contribution >= 4 is 5.78 Å². The summed E-state index contributed by atoms with van der Waals surface area (Å²) in [6.07, 6.45) is 1.01. The molecule has 0 unspecified atom stereocenters. The van der Waals surface area contributed by atoms with Crippen molar-refractivity contribution in [3.63, 3.8) is 0 Å². The first-order chi connectivity index (χ1) is 9.08. The second-order valence-electron chi connectivity index (χ2n) is 5.14. The van der Waals surface area contributed by atoms with Crippen molar-refractivity contribution in [1.82, 2.24) is 0 Å². The molecule has 0 amide bonds. The summed E-state index contributed by atoms with van der Waals surface area (Å²) >= 11 is 0. The van der Waals surface area contributed by atoms with Gasteiger partial charge in [0.1, 0.15) is 5.75 Å². The Labute approximate surface area is 113 Å². The van der Waals surface area contributed by atoms with Gasteiger partial charge in [0.15, 0.2) is 5.78 Å².